The van der Waals surface area contributed by atoms with E-state index in [-0.39, 0.29) is 38.4 Å². The van der Waals surface area contributed by atoms with Crippen LogP contribution in [0.3, 0.4) is 0 Å². The minimum atomic E-state index is -4.63. The summed E-state index contributed by atoms with van der Waals surface area (Å²) in [5.41, 5.74) is 5.60. The molecule has 5 N–H and O–H groups in total. The second-order valence-electron chi connectivity index (χ2n) is 15.7. The van der Waals surface area contributed by atoms with Gasteiger partial charge in [0.1, 0.15) is 12.6 Å². The third-order valence-electron chi connectivity index (χ3n) is 10.1. The first-order chi connectivity index (χ1) is 27.9. The summed E-state index contributed by atoms with van der Waals surface area (Å²) in [6.07, 6.45) is 30.2. The Balaban J connectivity index is 4.65. The SMILES string of the molecule is CCCCCCCCCCCCCCCC(=O)OC[C@H](COP(=O)(O)OCCNC(=O)[C@H](C)NC(=O)[C@@H](N)CS)OC(=O)CCCCCCCCCCCCCCC. The minimum absolute atomic E-state index is 0.112. The number of carbonyl (C=O) groups is 4. The summed E-state index contributed by atoms with van der Waals surface area (Å²) >= 11 is 3.96. The fourth-order valence-electron chi connectivity index (χ4n) is 6.37. The van der Waals surface area contributed by atoms with Gasteiger partial charge < -0.3 is 30.7 Å². The van der Waals surface area contributed by atoms with Crippen LogP contribution in [0, 0.1) is 0 Å². The molecule has 0 aromatic heterocycles. The van der Waals surface area contributed by atoms with Gasteiger partial charge in [0.05, 0.1) is 19.3 Å². The molecule has 0 aromatic carbocycles. The Morgan fingerprint density at radius 2 is 1.03 bits per heavy atom. The van der Waals surface area contributed by atoms with Gasteiger partial charge in [0.25, 0.3) is 0 Å². The number of carbonyl (C=O) groups excluding carboxylic acids is 4. The molecule has 0 aliphatic rings. The maximum atomic E-state index is 12.7. The summed E-state index contributed by atoms with van der Waals surface area (Å²) in [5, 5.41) is 4.94. The summed E-state index contributed by atoms with van der Waals surface area (Å²) < 4.78 is 33.6. The first-order valence-corrected chi connectivity index (χ1v) is 25.0. The van der Waals surface area contributed by atoms with Gasteiger partial charge in [0.2, 0.25) is 11.8 Å². The molecule has 2 amide bonds. The maximum absolute atomic E-state index is 12.7. The van der Waals surface area contributed by atoms with Crippen LogP contribution in [0.2, 0.25) is 0 Å². The maximum Gasteiger partial charge on any atom is 0.472 e. The molecule has 1 unspecified atom stereocenters. The molecule has 15 heteroatoms. The molecule has 0 radical (unpaired) electrons. The summed E-state index contributed by atoms with van der Waals surface area (Å²) in [5.74, 6) is -1.91. The highest BCUT2D eigenvalue weighted by atomic mass is 32.1. The number of hydrogen-bond acceptors (Lipinski definition) is 11. The number of thiol groups is 1. The summed E-state index contributed by atoms with van der Waals surface area (Å²) in [7, 11) is -4.63. The van der Waals surface area contributed by atoms with Crippen LogP contribution in [0.5, 0.6) is 0 Å². The monoisotopic (exact) mass is 866 g/mol. The number of amides is 2. The van der Waals surface area contributed by atoms with Gasteiger partial charge in [-0.25, -0.2) is 4.57 Å². The third-order valence-corrected chi connectivity index (χ3v) is 11.4. The van der Waals surface area contributed by atoms with Crippen molar-refractivity contribution in [2.45, 2.75) is 219 Å². The molecule has 0 rings (SSSR count). The van der Waals surface area contributed by atoms with Crippen molar-refractivity contribution in [1.82, 2.24) is 10.6 Å². The van der Waals surface area contributed by atoms with Crippen molar-refractivity contribution in [1.29, 1.82) is 0 Å². The third kappa shape index (κ3) is 36.2. The summed E-state index contributed by atoms with van der Waals surface area (Å²) in [4.78, 5) is 59.7. The average Bonchev–Trinajstić information content (AvgIpc) is 3.20. The number of rotatable bonds is 42. The second-order valence-corrected chi connectivity index (χ2v) is 17.5. The molecule has 13 nitrogen and oxygen atoms in total. The predicted octanol–water partition coefficient (Wildman–Crippen LogP) is 9.42. The Labute approximate surface area is 357 Å². The van der Waals surface area contributed by atoms with Crippen molar-refractivity contribution >= 4 is 44.2 Å². The minimum Gasteiger partial charge on any atom is -0.462 e. The van der Waals surface area contributed by atoms with E-state index in [1.165, 1.54) is 122 Å². The zero-order chi connectivity index (χ0) is 43.1. The van der Waals surface area contributed by atoms with Crippen LogP contribution in [0.1, 0.15) is 201 Å². The van der Waals surface area contributed by atoms with Crippen molar-refractivity contribution in [2.75, 3.05) is 32.1 Å². The van der Waals surface area contributed by atoms with E-state index < -0.39 is 56.4 Å². The highest BCUT2D eigenvalue weighted by Crippen LogP contribution is 2.43. The molecule has 342 valence electrons. The molecular formula is C43H84N3O10PS. The Bertz CT molecular complexity index is 1090. The lowest BCUT2D eigenvalue weighted by atomic mass is 10.0. The number of phosphoric ester groups is 1. The Morgan fingerprint density at radius 1 is 0.621 bits per heavy atom. The lowest BCUT2D eigenvalue weighted by Gasteiger charge is -2.20. The van der Waals surface area contributed by atoms with Gasteiger partial charge in [-0.15, -0.1) is 0 Å². The molecule has 0 saturated heterocycles. The Morgan fingerprint density at radius 3 is 1.47 bits per heavy atom. The molecule has 0 heterocycles. The molecule has 0 aliphatic carbocycles. The van der Waals surface area contributed by atoms with Gasteiger partial charge in [-0.1, -0.05) is 168 Å². The van der Waals surface area contributed by atoms with Crippen molar-refractivity contribution in [2.24, 2.45) is 5.73 Å². The topological polar surface area (TPSA) is 193 Å². The standard InChI is InChI=1S/C43H84N3O10PS/c1-4-6-8-10-12-14-16-18-20-22-24-26-28-30-40(47)53-34-38(56-41(48)31-29-27-25-23-21-19-17-15-13-11-9-7-5-2)35-55-57(51,52)54-33-32-45-42(49)37(3)46-43(50)39(44)36-58/h37-39,58H,4-36,44H2,1-3H3,(H,45,49)(H,46,50)(H,51,52)/t37-,38+,39-/m0/s1. The van der Waals surface area contributed by atoms with E-state index >= 15 is 0 Å². The Hall–Kier alpha value is -1.70. The van der Waals surface area contributed by atoms with E-state index in [2.05, 4.69) is 37.1 Å². The van der Waals surface area contributed by atoms with Gasteiger partial charge in [-0.3, -0.25) is 28.2 Å². The Kier molecular flexibility index (Phi) is 38.3. The first-order valence-electron chi connectivity index (χ1n) is 22.9. The number of unbranched alkanes of at least 4 members (excludes halogenated alkanes) is 24. The quantitative estimate of drug-likeness (QED) is 0.0170. The summed E-state index contributed by atoms with van der Waals surface area (Å²) in [6, 6.07) is -1.77. The lowest BCUT2D eigenvalue weighted by Crippen LogP contribution is -2.51. The van der Waals surface area contributed by atoms with Gasteiger partial charge in [-0.2, -0.15) is 12.6 Å². The molecule has 58 heavy (non-hydrogen) atoms. The number of phosphoric acid groups is 1. The number of ether oxygens (including phenoxy) is 2. The normalized spacial score (nSPS) is 14.0. The molecule has 4 atom stereocenters. The fourth-order valence-corrected chi connectivity index (χ4v) is 7.28. The number of nitrogens with one attached hydrogen (secondary N) is 2. The van der Waals surface area contributed by atoms with E-state index in [9.17, 15) is 28.6 Å². The van der Waals surface area contributed by atoms with Gasteiger partial charge in [0, 0.05) is 25.1 Å². The molecular weight excluding hydrogens is 782 g/mol. The van der Waals surface area contributed by atoms with E-state index in [1.54, 1.807) is 0 Å². The predicted molar refractivity (Wildman–Crippen MR) is 236 cm³/mol. The summed E-state index contributed by atoms with van der Waals surface area (Å²) in [6.45, 7) is 4.54. The van der Waals surface area contributed by atoms with Gasteiger partial charge in [0.15, 0.2) is 6.10 Å². The van der Waals surface area contributed by atoms with E-state index in [0.717, 1.165) is 38.5 Å². The molecule has 0 saturated carbocycles. The highest BCUT2D eigenvalue weighted by Gasteiger charge is 2.26. The van der Waals surface area contributed by atoms with Gasteiger partial charge >= 0.3 is 19.8 Å². The number of nitrogens with two attached hydrogens (primary N) is 1. The van der Waals surface area contributed by atoms with Crippen molar-refractivity contribution in [3.8, 4) is 0 Å². The van der Waals surface area contributed by atoms with Crippen molar-refractivity contribution < 1.29 is 47.2 Å². The highest BCUT2D eigenvalue weighted by molar-refractivity contribution is 7.80. The number of esters is 2. The molecule has 0 aliphatic heterocycles. The van der Waals surface area contributed by atoms with Crippen LogP contribution in [0.25, 0.3) is 0 Å². The molecule has 0 spiro atoms. The smallest absolute Gasteiger partial charge is 0.462 e. The van der Waals surface area contributed by atoms with E-state index in [1.807, 2.05) is 0 Å². The van der Waals surface area contributed by atoms with Crippen LogP contribution >= 0.6 is 20.5 Å². The van der Waals surface area contributed by atoms with Crippen LogP contribution < -0.4 is 16.4 Å². The van der Waals surface area contributed by atoms with Crippen LogP contribution in [0.4, 0.5) is 0 Å². The van der Waals surface area contributed by atoms with Crippen LogP contribution in [-0.4, -0.2) is 79.0 Å². The van der Waals surface area contributed by atoms with Crippen molar-refractivity contribution in [3.05, 3.63) is 0 Å². The first kappa shape index (κ1) is 56.3. The molecule has 0 fully saturated rings. The molecule has 0 bridgehead atoms. The van der Waals surface area contributed by atoms with Crippen LogP contribution in [0.15, 0.2) is 0 Å². The average molecular weight is 866 g/mol. The van der Waals surface area contributed by atoms with E-state index in [4.69, 9.17) is 24.3 Å². The second kappa shape index (κ2) is 39.4. The lowest BCUT2D eigenvalue weighted by molar-refractivity contribution is -0.161. The fraction of sp³-hybridized carbons (Fsp3) is 0.907. The molecule has 0 aromatic rings. The largest absolute Gasteiger partial charge is 0.472 e. The zero-order valence-electron chi connectivity index (χ0n) is 36.7. The van der Waals surface area contributed by atoms with Crippen LogP contribution in [-0.2, 0) is 42.3 Å². The van der Waals surface area contributed by atoms with Crippen molar-refractivity contribution in [3.63, 3.8) is 0 Å². The van der Waals surface area contributed by atoms with E-state index in [0.29, 0.717) is 12.8 Å². The number of hydrogen-bond donors (Lipinski definition) is 5. The van der Waals surface area contributed by atoms with Gasteiger partial charge in [-0.05, 0) is 19.8 Å². The zero-order valence-corrected chi connectivity index (χ0v) is 38.4.